The van der Waals surface area contributed by atoms with Crippen LogP contribution >= 0.6 is 11.3 Å². The third-order valence-electron chi connectivity index (χ3n) is 5.69. The van der Waals surface area contributed by atoms with E-state index in [0.29, 0.717) is 24.8 Å². The topological polar surface area (TPSA) is 59.2 Å². The molecule has 0 aliphatic carbocycles. The van der Waals surface area contributed by atoms with Crippen LogP contribution in [0.5, 0.6) is 0 Å². The van der Waals surface area contributed by atoms with Gasteiger partial charge in [-0.05, 0) is 49.4 Å². The van der Waals surface area contributed by atoms with Crippen LogP contribution in [-0.2, 0) is 11.2 Å². The van der Waals surface area contributed by atoms with Crippen molar-refractivity contribution in [3.8, 4) is 0 Å². The molecule has 5 heteroatoms. The lowest BCUT2D eigenvalue weighted by atomic mass is 9.89. The highest BCUT2D eigenvalue weighted by atomic mass is 32.1. The molecular formula is C23H27N3OS. The van der Waals surface area contributed by atoms with Gasteiger partial charge in [-0.2, -0.15) is 0 Å². The fourth-order valence-corrected chi connectivity index (χ4v) is 5.14. The summed E-state index contributed by atoms with van der Waals surface area (Å²) >= 11 is 1.76. The van der Waals surface area contributed by atoms with Gasteiger partial charge >= 0.3 is 0 Å². The van der Waals surface area contributed by atoms with Crippen molar-refractivity contribution in [3.63, 3.8) is 0 Å². The monoisotopic (exact) mass is 393 g/mol. The Bertz CT molecular complexity index is 891. The summed E-state index contributed by atoms with van der Waals surface area (Å²) in [6.07, 6.45) is 3.48. The molecule has 0 unspecified atom stereocenters. The lowest BCUT2D eigenvalue weighted by Crippen LogP contribution is -2.29. The van der Waals surface area contributed by atoms with E-state index in [4.69, 9.17) is 5.73 Å². The molecule has 0 bridgehead atoms. The number of unbranched alkanes of at least 4 members (excludes halogenated alkanes) is 1. The Morgan fingerprint density at radius 2 is 1.86 bits per heavy atom. The molecule has 0 saturated carbocycles. The summed E-state index contributed by atoms with van der Waals surface area (Å²) < 4.78 is 1.24. The molecule has 2 aromatic carbocycles. The van der Waals surface area contributed by atoms with Gasteiger partial charge in [0.15, 0.2) is 0 Å². The number of benzene rings is 2. The number of thiazole rings is 1. The number of hydrogen-bond donors (Lipinski definition) is 1. The van der Waals surface area contributed by atoms with E-state index in [1.807, 2.05) is 17.0 Å². The van der Waals surface area contributed by atoms with E-state index in [1.165, 1.54) is 15.3 Å². The normalized spacial score (nSPS) is 19.4. The van der Waals surface area contributed by atoms with Crippen molar-refractivity contribution in [2.24, 2.45) is 11.7 Å². The molecule has 1 saturated heterocycles. The van der Waals surface area contributed by atoms with E-state index in [1.54, 1.807) is 11.3 Å². The van der Waals surface area contributed by atoms with Gasteiger partial charge in [-0.25, -0.2) is 4.98 Å². The molecule has 3 aromatic rings. The van der Waals surface area contributed by atoms with E-state index in [2.05, 4.69) is 47.4 Å². The van der Waals surface area contributed by atoms with Crippen LogP contribution in [-0.4, -0.2) is 35.4 Å². The summed E-state index contributed by atoms with van der Waals surface area (Å²) in [5.41, 5.74) is 8.37. The van der Waals surface area contributed by atoms with Crippen LogP contribution in [0.4, 0.5) is 0 Å². The Balaban J connectivity index is 1.27. The molecule has 146 valence electrons. The van der Waals surface area contributed by atoms with Gasteiger partial charge in [0.1, 0.15) is 0 Å². The molecule has 1 aliphatic heterocycles. The Hall–Kier alpha value is -2.24. The SMILES string of the molecule is NC[C@@H]1CN(C(=O)CCCCc2nc3ccccc3s2)C[C@H]1c1ccccc1. The molecule has 1 aliphatic rings. The summed E-state index contributed by atoms with van der Waals surface area (Å²) in [4.78, 5) is 19.4. The van der Waals surface area contributed by atoms with E-state index in [0.717, 1.165) is 37.9 Å². The summed E-state index contributed by atoms with van der Waals surface area (Å²) in [5, 5.41) is 1.17. The Labute approximate surface area is 170 Å². The third-order valence-corrected chi connectivity index (χ3v) is 6.79. The van der Waals surface area contributed by atoms with E-state index in [-0.39, 0.29) is 5.91 Å². The quantitative estimate of drug-likeness (QED) is 0.612. The van der Waals surface area contributed by atoms with Gasteiger partial charge in [0, 0.05) is 25.4 Å². The molecule has 0 radical (unpaired) electrons. The minimum absolute atomic E-state index is 0.265. The molecular weight excluding hydrogens is 366 g/mol. The number of nitrogens with two attached hydrogens (primary N) is 1. The molecule has 1 amide bonds. The molecule has 4 nitrogen and oxygen atoms in total. The largest absolute Gasteiger partial charge is 0.342 e. The Morgan fingerprint density at radius 1 is 1.07 bits per heavy atom. The number of rotatable bonds is 7. The number of nitrogens with zero attached hydrogens (tertiary/aromatic N) is 2. The van der Waals surface area contributed by atoms with Crippen molar-refractivity contribution >= 4 is 27.5 Å². The van der Waals surface area contributed by atoms with Crippen LogP contribution in [0.1, 0.15) is 35.8 Å². The van der Waals surface area contributed by atoms with Gasteiger partial charge in [-0.1, -0.05) is 42.5 Å². The van der Waals surface area contributed by atoms with Crippen molar-refractivity contribution in [2.75, 3.05) is 19.6 Å². The summed E-state index contributed by atoms with van der Waals surface area (Å²) in [7, 11) is 0. The number of likely N-dealkylation sites (tertiary alicyclic amines) is 1. The minimum atomic E-state index is 0.265. The second-order valence-electron chi connectivity index (χ2n) is 7.59. The first-order valence-corrected chi connectivity index (χ1v) is 10.9. The number of aromatic nitrogens is 1. The van der Waals surface area contributed by atoms with Gasteiger partial charge in [-0.15, -0.1) is 11.3 Å². The minimum Gasteiger partial charge on any atom is -0.342 e. The first kappa shape index (κ1) is 19.1. The van der Waals surface area contributed by atoms with Crippen LogP contribution in [0, 0.1) is 5.92 Å². The van der Waals surface area contributed by atoms with Crippen molar-refractivity contribution in [1.29, 1.82) is 0 Å². The highest BCUT2D eigenvalue weighted by molar-refractivity contribution is 7.18. The van der Waals surface area contributed by atoms with Crippen LogP contribution in [0.3, 0.4) is 0 Å². The first-order chi connectivity index (χ1) is 13.7. The maximum absolute atomic E-state index is 12.7. The van der Waals surface area contributed by atoms with Gasteiger partial charge in [0.2, 0.25) is 5.91 Å². The van der Waals surface area contributed by atoms with Gasteiger partial charge in [-0.3, -0.25) is 4.79 Å². The van der Waals surface area contributed by atoms with Crippen molar-refractivity contribution in [3.05, 3.63) is 65.2 Å². The van der Waals surface area contributed by atoms with Crippen LogP contribution in [0.15, 0.2) is 54.6 Å². The fraction of sp³-hybridized carbons (Fsp3) is 0.391. The molecule has 28 heavy (non-hydrogen) atoms. The number of carbonyl (C=O) groups excluding carboxylic acids is 1. The zero-order valence-corrected chi connectivity index (χ0v) is 16.9. The number of carbonyl (C=O) groups is 1. The molecule has 4 rings (SSSR count). The van der Waals surface area contributed by atoms with Crippen molar-refractivity contribution < 1.29 is 4.79 Å². The molecule has 2 heterocycles. The van der Waals surface area contributed by atoms with Crippen molar-refractivity contribution in [1.82, 2.24) is 9.88 Å². The van der Waals surface area contributed by atoms with Gasteiger partial charge in [0.05, 0.1) is 15.2 Å². The molecule has 2 N–H and O–H groups in total. The first-order valence-electron chi connectivity index (χ1n) is 10.1. The predicted molar refractivity (Wildman–Crippen MR) is 115 cm³/mol. The number of para-hydroxylation sites is 1. The third kappa shape index (κ3) is 4.26. The molecule has 2 atom stereocenters. The summed E-state index contributed by atoms with van der Waals surface area (Å²) in [5.74, 6) is 0.980. The standard InChI is InChI=1S/C23H27N3OS/c24-14-18-15-26(16-19(18)17-8-2-1-3-9-17)23(27)13-7-6-12-22-25-20-10-4-5-11-21(20)28-22/h1-5,8-11,18-19H,6-7,12-16,24H2/t18-,19+/m1/s1. The predicted octanol–water partition coefficient (Wildman–Crippen LogP) is 4.21. The number of fused-ring (bicyclic) bond motifs is 1. The maximum atomic E-state index is 12.7. The highest BCUT2D eigenvalue weighted by Crippen LogP contribution is 2.32. The average molecular weight is 394 g/mol. The van der Waals surface area contributed by atoms with Crippen molar-refractivity contribution in [2.45, 2.75) is 31.6 Å². The Morgan fingerprint density at radius 3 is 2.64 bits per heavy atom. The number of hydrogen-bond acceptors (Lipinski definition) is 4. The lowest BCUT2D eigenvalue weighted by molar-refractivity contribution is -0.130. The number of aryl methyl sites for hydroxylation is 1. The second kappa shape index (κ2) is 8.84. The zero-order chi connectivity index (χ0) is 19.3. The molecule has 1 aromatic heterocycles. The van der Waals surface area contributed by atoms with Crippen LogP contribution in [0.25, 0.3) is 10.2 Å². The molecule has 0 spiro atoms. The highest BCUT2D eigenvalue weighted by Gasteiger charge is 2.34. The van der Waals surface area contributed by atoms with Gasteiger partial charge in [0.25, 0.3) is 0 Å². The summed E-state index contributed by atoms with van der Waals surface area (Å²) in [6.45, 7) is 2.20. The second-order valence-corrected chi connectivity index (χ2v) is 8.71. The van der Waals surface area contributed by atoms with Crippen LogP contribution in [0.2, 0.25) is 0 Å². The lowest BCUT2D eigenvalue weighted by Gasteiger charge is -2.16. The maximum Gasteiger partial charge on any atom is 0.222 e. The van der Waals surface area contributed by atoms with E-state index >= 15 is 0 Å². The zero-order valence-electron chi connectivity index (χ0n) is 16.1. The van der Waals surface area contributed by atoms with E-state index < -0.39 is 0 Å². The Kier molecular flexibility index (Phi) is 6.03. The average Bonchev–Trinajstić information content (AvgIpc) is 3.35. The van der Waals surface area contributed by atoms with Crippen LogP contribution < -0.4 is 5.73 Å². The molecule has 1 fully saturated rings. The fourth-order valence-electron chi connectivity index (χ4n) is 4.13. The summed E-state index contributed by atoms with van der Waals surface area (Å²) in [6, 6.07) is 18.7. The van der Waals surface area contributed by atoms with E-state index in [9.17, 15) is 4.79 Å². The van der Waals surface area contributed by atoms with Gasteiger partial charge < -0.3 is 10.6 Å². The number of amides is 1. The smallest absolute Gasteiger partial charge is 0.222 e.